The van der Waals surface area contributed by atoms with E-state index in [0.717, 1.165) is 47.8 Å². The van der Waals surface area contributed by atoms with Crippen molar-refractivity contribution in [2.75, 3.05) is 13.7 Å². The Kier molecular flexibility index (Phi) is 5.10. The smallest absolute Gasteiger partial charge is 0.229 e. The molecule has 1 aliphatic rings. The van der Waals surface area contributed by atoms with E-state index in [1.54, 1.807) is 11.8 Å². The molecule has 6 heteroatoms. The SMILES string of the molecule is COc1cccc(C2CCCN2C(=O)Cc2nnn(-c3ccccc3)c2C)c1. The number of amides is 1. The van der Waals surface area contributed by atoms with Crippen LogP contribution in [0.15, 0.2) is 54.6 Å². The number of rotatable bonds is 5. The molecule has 4 rings (SSSR count). The molecule has 0 spiro atoms. The molecule has 6 nitrogen and oxygen atoms in total. The molecule has 2 aromatic carbocycles. The van der Waals surface area contributed by atoms with Gasteiger partial charge in [0.2, 0.25) is 5.91 Å². The van der Waals surface area contributed by atoms with Crippen molar-refractivity contribution in [1.29, 1.82) is 0 Å². The normalized spacial score (nSPS) is 16.4. The topological polar surface area (TPSA) is 60.2 Å². The van der Waals surface area contributed by atoms with Crippen LogP contribution in [0.5, 0.6) is 5.75 Å². The molecular formula is C22H24N4O2. The summed E-state index contributed by atoms with van der Waals surface area (Å²) in [5.74, 6) is 0.909. The van der Waals surface area contributed by atoms with E-state index in [4.69, 9.17) is 4.74 Å². The summed E-state index contributed by atoms with van der Waals surface area (Å²) < 4.78 is 7.13. The summed E-state index contributed by atoms with van der Waals surface area (Å²) in [5.41, 5.74) is 3.69. The van der Waals surface area contributed by atoms with Gasteiger partial charge in [0.1, 0.15) is 5.75 Å². The van der Waals surface area contributed by atoms with Gasteiger partial charge in [-0.15, -0.1) is 5.10 Å². The average Bonchev–Trinajstić information content (AvgIpc) is 3.36. The van der Waals surface area contributed by atoms with Crippen molar-refractivity contribution in [3.63, 3.8) is 0 Å². The first-order chi connectivity index (χ1) is 13.7. The number of aromatic nitrogens is 3. The Morgan fingerprint density at radius 3 is 2.79 bits per heavy atom. The maximum Gasteiger partial charge on any atom is 0.229 e. The lowest BCUT2D eigenvalue weighted by Crippen LogP contribution is -2.32. The van der Waals surface area contributed by atoms with Gasteiger partial charge in [-0.2, -0.15) is 0 Å². The van der Waals surface area contributed by atoms with Gasteiger partial charge in [-0.25, -0.2) is 4.68 Å². The molecule has 0 radical (unpaired) electrons. The number of hydrogen-bond acceptors (Lipinski definition) is 4. The number of para-hydroxylation sites is 1. The minimum Gasteiger partial charge on any atom is -0.497 e. The van der Waals surface area contributed by atoms with Crippen molar-refractivity contribution >= 4 is 5.91 Å². The Morgan fingerprint density at radius 2 is 2.00 bits per heavy atom. The second-order valence-corrected chi connectivity index (χ2v) is 7.07. The second kappa shape index (κ2) is 7.84. The Labute approximate surface area is 164 Å². The fourth-order valence-corrected chi connectivity index (χ4v) is 3.84. The van der Waals surface area contributed by atoms with Gasteiger partial charge in [-0.1, -0.05) is 35.5 Å². The van der Waals surface area contributed by atoms with E-state index < -0.39 is 0 Å². The molecule has 1 unspecified atom stereocenters. The largest absolute Gasteiger partial charge is 0.497 e. The van der Waals surface area contributed by atoms with E-state index in [9.17, 15) is 4.79 Å². The van der Waals surface area contributed by atoms with Crippen molar-refractivity contribution in [3.05, 3.63) is 71.5 Å². The van der Waals surface area contributed by atoms with Crippen LogP contribution in [-0.2, 0) is 11.2 Å². The maximum absolute atomic E-state index is 13.1. The molecule has 2 heterocycles. The van der Waals surface area contributed by atoms with Crippen LogP contribution >= 0.6 is 0 Å². The fourth-order valence-electron chi connectivity index (χ4n) is 3.84. The minimum absolute atomic E-state index is 0.0899. The number of benzene rings is 2. The third-order valence-electron chi connectivity index (χ3n) is 5.36. The van der Waals surface area contributed by atoms with Gasteiger partial charge in [0.15, 0.2) is 0 Å². The summed E-state index contributed by atoms with van der Waals surface area (Å²) in [7, 11) is 1.66. The average molecular weight is 376 g/mol. The summed E-state index contributed by atoms with van der Waals surface area (Å²) in [5, 5.41) is 8.52. The van der Waals surface area contributed by atoms with Crippen molar-refractivity contribution in [3.8, 4) is 11.4 Å². The first-order valence-corrected chi connectivity index (χ1v) is 9.57. The lowest BCUT2D eigenvalue weighted by Gasteiger charge is -2.25. The van der Waals surface area contributed by atoms with Gasteiger partial charge < -0.3 is 9.64 Å². The van der Waals surface area contributed by atoms with Crippen LogP contribution in [-0.4, -0.2) is 39.5 Å². The van der Waals surface area contributed by atoms with Crippen molar-refractivity contribution in [2.45, 2.75) is 32.2 Å². The number of hydrogen-bond donors (Lipinski definition) is 0. The van der Waals surface area contributed by atoms with Gasteiger partial charge in [-0.3, -0.25) is 4.79 Å². The lowest BCUT2D eigenvalue weighted by molar-refractivity contribution is -0.131. The van der Waals surface area contributed by atoms with Gasteiger partial charge >= 0.3 is 0 Å². The van der Waals surface area contributed by atoms with E-state index in [1.807, 2.05) is 60.4 Å². The molecule has 0 saturated carbocycles. The van der Waals surface area contributed by atoms with Gasteiger partial charge in [-0.05, 0) is 49.6 Å². The third kappa shape index (κ3) is 3.50. The molecule has 0 N–H and O–H groups in total. The predicted molar refractivity (Wildman–Crippen MR) is 106 cm³/mol. The van der Waals surface area contributed by atoms with Crippen LogP contribution in [0.2, 0.25) is 0 Å². The van der Waals surface area contributed by atoms with Gasteiger partial charge in [0, 0.05) is 6.54 Å². The number of ether oxygens (including phenoxy) is 1. The van der Waals surface area contributed by atoms with E-state index >= 15 is 0 Å². The Balaban J connectivity index is 1.52. The first kappa shape index (κ1) is 18.2. The lowest BCUT2D eigenvalue weighted by atomic mass is 10.0. The van der Waals surface area contributed by atoms with Crippen molar-refractivity contribution in [1.82, 2.24) is 19.9 Å². The van der Waals surface area contributed by atoms with E-state index in [-0.39, 0.29) is 18.4 Å². The molecule has 1 aliphatic heterocycles. The Morgan fingerprint density at radius 1 is 1.18 bits per heavy atom. The van der Waals surface area contributed by atoms with E-state index in [2.05, 4.69) is 16.4 Å². The number of carbonyl (C=O) groups is 1. The summed E-state index contributed by atoms with van der Waals surface area (Å²) >= 11 is 0. The number of carbonyl (C=O) groups excluding carboxylic acids is 1. The highest BCUT2D eigenvalue weighted by atomic mass is 16.5. The number of methoxy groups -OCH3 is 1. The fraction of sp³-hybridized carbons (Fsp3) is 0.318. The number of likely N-dealkylation sites (tertiary alicyclic amines) is 1. The van der Waals surface area contributed by atoms with Crippen molar-refractivity contribution < 1.29 is 9.53 Å². The molecule has 144 valence electrons. The molecular weight excluding hydrogens is 352 g/mol. The van der Waals surface area contributed by atoms with Crippen LogP contribution in [0.1, 0.15) is 35.8 Å². The summed E-state index contributed by atoms with van der Waals surface area (Å²) in [4.78, 5) is 15.0. The zero-order valence-corrected chi connectivity index (χ0v) is 16.2. The highest BCUT2D eigenvalue weighted by Crippen LogP contribution is 2.34. The van der Waals surface area contributed by atoms with E-state index in [0.29, 0.717) is 0 Å². The molecule has 1 fully saturated rings. The monoisotopic (exact) mass is 376 g/mol. The molecule has 1 atom stereocenters. The Bertz CT molecular complexity index is 968. The summed E-state index contributed by atoms with van der Waals surface area (Å²) in [6.45, 7) is 2.73. The molecule has 1 aromatic heterocycles. The molecule has 0 bridgehead atoms. The van der Waals surface area contributed by atoms with Gasteiger partial charge in [0.25, 0.3) is 0 Å². The highest BCUT2D eigenvalue weighted by Gasteiger charge is 2.31. The molecule has 0 aliphatic carbocycles. The quantitative estimate of drug-likeness (QED) is 0.684. The first-order valence-electron chi connectivity index (χ1n) is 9.57. The van der Waals surface area contributed by atoms with Crippen LogP contribution < -0.4 is 4.74 Å². The van der Waals surface area contributed by atoms with E-state index in [1.165, 1.54) is 0 Å². The molecule has 1 amide bonds. The summed E-state index contributed by atoms with van der Waals surface area (Å²) in [6.07, 6.45) is 2.23. The standard InChI is InChI=1S/C22H24N4O2/c1-16-20(23-24-26(16)18-9-4-3-5-10-18)15-22(27)25-13-7-12-21(25)17-8-6-11-19(14-17)28-2/h3-6,8-11,14,21H,7,12-13,15H2,1-2H3. The van der Waals surface area contributed by atoms with Crippen LogP contribution in [0.3, 0.4) is 0 Å². The molecule has 1 saturated heterocycles. The van der Waals surface area contributed by atoms with Crippen LogP contribution in [0, 0.1) is 6.92 Å². The second-order valence-electron chi connectivity index (χ2n) is 7.07. The zero-order valence-electron chi connectivity index (χ0n) is 16.2. The third-order valence-corrected chi connectivity index (χ3v) is 5.36. The minimum atomic E-state index is 0.0899. The zero-order chi connectivity index (χ0) is 19.5. The predicted octanol–water partition coefficient (Wildman–Crippen LogP) is 3.49. The van der Waals surface area contributed by atoms with Gasteiger partial charge in [0.05, 0.1) is 36.6 Å². The van der Waals surface area contributed by atoms with Crippen LogP contribution in [0.25, 0.3) is 5.69 Å². The highest BCUT2D eigenvalue weighted by molar-refractivity contribution is 5.79. The summed E-state index contributed by atoms with van der Waals surface area (Å²) in [6, 6.07) is 17.9. The number of nitrogens with zero attached hydrogens (tertiary/aromatic N) is 4. The molecule has 3 aromatic rings. The van der Waals surface area contributed by atoms with Crippen LogP contribution in [0.4, 0.5) is 0 Å². The van der Waals surface area contributed by atoms with Crippen molar-refractivity contribution in [2.24, 2.45) is 0 Å². The maximum atomic E-state index is 13.1. The Hall–Kier alpha value is -3.15. The molecule has 28 heavy (non-hydrogen) atoms.